The molecule has 232 valence electrons. The highest BCUT2D eigenvalue weighted by atomic mass is 35.5. The van der Waals surface area contributed by atoms with Crippen LogP contribution in [-0.2, 0) is 16.8 Å². The Morgan fingerprint density at radius 2 is 1.86 bits per heavy atom. The molecule has 2 bridgehead atoms. The fraction of sp³-hybridized carbons (Fsp3) is 0.414. The SMILES string of the molecule is CN(C)S(=O)(=O)NC(=O)c1cc(F)c2nc(N3C4CC(NCc5c(-c6c(Cl)cccc6Cl)noc5C5CC5)CC3C4)sc2c1. The summed E-state index contributed by atoms with van der Waals surface area (Å²) >= 11 is 14.3. The number of thiazole rings is 1. The fourth-order valence-electron chi connectivity index (χ4n) is 6.16. The minimum absolute atomic E-state index is 0.0829. The molecule has 44 heavy (non-hydrogen) atoms. The van der Waals surface area contributed by atoms with Gasteiger partial charge in [-0.2, -0.15) is 12.7 Å². The molecule has 8 rings (SSSR count). The lowest BCUT2D eigenvalue weighted by atomic mass is 9.77. The molecule has 2 saturated carbocycles. The van der Waals surface area contributed by atoms with E-state index in [0.717, 1.165) is 53.8 Å². The third-order valence-electron chi connectivity index (χ3n) is 8.60. The smallest absolute Gasteiger partial charge is 0.303 e. The first kappa shape index (κ1) is 29.9. The summed E-state index contributed by atoms with van der Waals surface area (Å²) in [6.07, 6.45) is 4.94. The Hall–Kier alpha value is -2.81. The van der Waals surface area contributed by atoms with Crippen LogP contribution in [0.25, 0.3) is 21.5 Å². The van der Waals surface area contributed by atoms with Crippen molar-refractivity contribution in [2.45, 2.75) is 62.7 Å². The van der Waals surface area contributed by atoms with E-state index in [1.165, 1.54) is 31.5 Å². The number of halogens is 3. The number of rotatable bonds is 9. The van der Waals surface area contributed by atoms with E-state index in [0.29, 0.717) is 43.6 Å². The van der Waals surface area contributed by atoms with Crippen LogP contribution in [0.4, 0.5) is 9.52 Å². The van der Waals surface area contributed by atoms with Gasteiger partial charge in [-0.1, -0.05) is 45.8 Å². The summed E-state index contributed by atoms with van der Waals surface area (Å²) in [7, 11) is -1.41. The molecule has 0 radical (unpaired) electrons. The zero-order valence-electron chi connectivity index (χ0n) is 23.8. The lowest BCUT2D eigenvalue weighted by molar-refractivity contribution is 0.0979. The second-order valence-corrected chi connectivity index (χ2v) is 15.5. The van der Waals surface area contributed by atoms with Crippen molar-refractivity contribution in [3.63, 3.8) is 0 Å². The van der Waals surface area contributed by atoms with Gasteiger partial charge in [0.05, 0.1) is 14.7 Å². The van der Waals surface area contributed by atoms with Crippen LogP contribution in [0.15, 0.2) is 34.9 Å². The summed E-state index contributed by atoms with van der Waals surface area (Å²) in [5.41, 5.74) is 2.45. The van der Waals surface area contributed by atoms with Gasteiger partial charge in [0.2, 0.25) is 0 Å². The number of benzene rings is 2. The van der Waals surface area contributed by atoms with Gasteiger partial charge in [-0.25, -0.2) is 14.1 Å². The average Bonchev–Trinajstić information content (AvgIpc) is 3.59. The van der Waals surface area contributed by atoms with E-state index in [1.54, 1.807) is 12.1 Å². The molecular weight excluding hydrogens is 650 g/mol. The predicted molar refractivity (Wildman–Crippen MR) is 168 cm³/mol. The topological polar surface area (TPSA) is 121 Å². The Morgan fingerprint density at radius 1 is 1.16 bits per heavy atom. The predicted octanol–water partition coefficient (Wildman–Crippen LogP) is 5.71. The third kappa shape index (κ3) is 5.37. The van der Waals surface area contributed by atoms with E-state index >= 15 is 4.39 Å². The number of hydrogen-bond acceptors (Lipinski definition) is 9. The van der Waals surface area contributed by atoms with Crippen LogP contribution >= 0.6 is 34.5 Å². The van der Waals surface area contributed by atoms with Gasteiger partial charge in [0.25, 0.3) is 5.91 Å². The molecule has 2 aliphatic carbocycles. The van der Waals surface area contributed by atoms with Crippen molar-refractivity contribution < 1.29 is 22.1 Å². The molecular formula is C29H29Cl2FN6O4S2. The van der Waals surface area contributed by atoms with E-state index in [1.807, 2.05) is 10.8 Å². The summed E-state index contributed by atoms with van der Waals surface area (Å²) in [4.78, 5) is 19.4. The first-order valence-electron chi connectivity index (χ1n) is 14.3. The van der Waals surface area contributed by atoms with Crippen molar-refractivity contribution in [1.82, 2.24) is 24.5 Å². The summed E-state index contributed by atoms with van der Waals surface area (Å²) in [5, 5.41) is 9.87. The molecule has 4 heterocycles. The van der Waals surface area contributed by atoms with Crippen molar-refractivity contribution in [2.24, 2.45) is 0 Å². The van der Waals surface area contributed by atoms with Crippen LogP contribution in [0.1, 0.15) is 59.7 Å². The number of fused-ring (bicyclic) bond motifs is 3. The second kappa shape index (κ2) is 11.2. The number of anilines is 1. The molecule has 15 heteroatoms. The molecule has 2 atom stereocenters. The number of amides is 1. The summed E-state index contributed by atoms with van der Waals surface area (Å²) in [6, 6.07) is 8.65. The van der Waals surface area contributed by atoms with Crippen LogP contribution in [0.3, 0.4) is 0 Å². The Morgan fingerprint density at radius 3 is 2.52 bits per heavy atom. The van der Waals surface area contributed by atoms with Crippen LogP contribution < -0.4 is 14.9 Å². The largest absolute Gasteiger partial charge is 0.360 e. The summed E-state index contributed by atoms with van der Waals surface area (Å²) < 4.78 is 48.3. The monoisotopic (exact) mass is 678 g/mol. The van der Waals surface area contributed by atoms with E-state index in [2.05, 4.69) is 20.4 Å². The highest BCUT2D eigenvalue weighted by Gasteiger charge is 2.47. The number of carbonyl (C=O) groups excluding carboxylic acids is 1. The van der Waals surface area contributed by atoms with Crippen LogP contribution in [0.5, 0.6) is 0 Å². The molecule has 4 aromatic rings. The van der Waals surface area contributed by atoms with Gasteiger partial charge in [0.15, 0.2) is 10.9 Å². The number of piperidine rings is 1. The van der Waals surface area contributed by atoms with Crippen LogP contribution in [0, 0.1) is 5.82 Å². The van der Waals surface area contributed by atoms with Gasteiger partial charge in [-0.05, 0) is 56.4 Å². The molecule has 4 fully saturated rings. The van der Waals surface area contributed by atoms with Gasteiger partial charge in [-0.15, -0.1) is 0 Å². The minimum atomic E-state index is -4.01. The number of nitrogens with zero attached hydrogens (tertiary/aromatic N) is 4. The Bertz CT molecular complexity index is 1860. The molecule has 1 amide bonds. The van der Waals surface area contributed by atoms with E-state index in [4.69, 9.17) is 27.7 Å². The zero-order valence-corrected chi connectivity index (χ0v) is 27.0. The van der Waals surface area contributed by atoms with Crippen molar-refractivity contribution in [3.8, 4) is 11.3 Å². The maximum atomic E-state index is 15.0. The molecule has 2 aromatic carbocycles. The Labute approximate surface area is 267 Å². The molecule has 2 saturated heterocycles. The van der Waals surface area contributed by atoms with Crippen molar-refractivity contribution >= 4 is 66.0 Å². The number of carbonyl (C=O) groups is 1. The number of aromatic nitrogens is 2. The third-order valence-corrected chi connectivity index (χ3v) is 11.7. The van der Waals surface area contributed by atoms with Crippen molar-refractivity contribution in [2.75, 3.05) is 19.0 Å². The Kier molecular flexibility index (Phi) is 7.61. The Balaban J connectivity index is 1.06. The van der Waals surface area contributed by atoms with E-state index < -0.39 is 21.9 Å². The molecule has 2 N–H and O–H groups in total. The second-order valence-electron chi connectivity index (χ2n) is 11.8. The first-order valence-corrected chi connectivity index (χ1v) is 17.3. The molecule has 10 nitrogen and oxygen atoms in total. The molecule has 2 aromatic heterocycles. The lowest BCUT2D eigenvalue weighted by Crippen LogP contribution is -2.64. The maximum Gasteiger partial charge on any atom is 0.303 e. The minimum Gasteiger partial charge on any atom is -0.360 e. The molecule has 0 spiro atoms. The van der Waals surface area contributed by atoms with E-state index in [-0.39, 0.29) is 29.2 Å². The normalized spacial score (nSPS) is 21.6. The number of hydrogen-bond donors (Lipinski definition) is 2. The molecule has 4 aliphatic rings. The standard InChI is InChI=1S/C29H29Cl2FN6O4S2/c1-37(2)44(40,41)36-28(39)15-8-22(32)26-23(9-15)43-29(34-26)38-17-10-16(11-18(38)12-17)33-13-19-25(35-42-27(19)14-6-7-14)24-20(30)4-3-5-21(24)31/h3-5,8-9,14,16-18,33H,6-7,10-13H2,1-2H3,(H,36,39). The lowest BCUT2D eigenvalue weighted by Gasteiger charge is -2.55. The zero-order chi connectivity index (χ0) is 30.9. The number of nitrogens with one attached hydrogen (secondary N) is 2. The van der Waals surface area contributed by atoms with Crippen LogP contribution in [-0.4, -0.2) is 61.0 Å². The quantitative estimate of drug-likeness (QED) is 0.231. The summed E-state index contributed by atoms with van der Waals surface area (Å²) in [6.45, 7) is 0.580. The van der Waals surface area contributed by atoms with E-state index in [9.17, 15) is 13.2 Å². The van der Waals surface area contributed by atoms with Crippen LogP contribution in [0.2, 0.25) is 10.0 Å². The first-order chi connectivity index (χ1) is 21.0. The maximum absolute atomic E-state index is 15.0. The molecule has 2 unspecified atom stereocenters. The summed E-state index contributed by atoms with van der Waals surface area (Å²) in [5.74, 6) is -0.304. The van der Waals surface area contributed by atoms with Gasteiger partial charge >= 0.3 is 10.2 Å². The fourth-order valence-corrected chi connectivity index (χ4v) is 8.44. The highest BCUT2D eigenvalue weighted by Crippen LogP contribution is 2.47. The molecule has 2 aliphatic heterocycles. The van der Waals surface area contributed by atoms with Crippen molar-refractivity contribution in [1.29, 1.82) is 0 Å². The van der Waals surface area contributed by atoms with Gasteiger partial charge in [0, 0.05) is 61.4 Å². The van der Waals surface area contributed by atoms with Crippen molar-refractivity contribution in [3.05, 3.63) is 63.1 Å². The highest BCUT2D eigenvalue weighted by molar-refractivity contribution is 7.87. The van der Waals surface area contributed by atoms with Gasteiger partial charge in [0.1, 0.15) is 17.0 Å². The van der Waals surface area contributed by atoms with Gasteiger partial charge in [-0.3, -0.25) is 4.79 Å². The average molecular weight is 680 g/mol. The van der Waals surface area contributed by atoms with Gasteiger partial charge < -0.3 is 14.7 Å².